The van der Waals surface area contributed by atoms with Gasteiger partial charge in [0.05, 0.1) is 21.4 Å². The lowest BCUT2D eigenvalue weighted by molar-refractivity contribution is -0.288. The maximum absolute atomic E-state index is 14.8. The third kappa shape index (κ3) is 6.17. The molecule has 4 nitrogen and oxygen atoms in total. The number of rotatable bonds is 8. The van der Waals surface area contributed by atoms with Gasteiger partial charge in [0.25, 0.3) is 0 Å². The zero-order chi connectivity index (χ0) is 28.3. The van der Waals surface area contributed by atoms with Gasteiger partial charge >= 0.3 is 12.4 Å². The van der Waals surface area contributed by atoms with Gasteiger partial charge in [-0.3, -0.25) is 9.59 Å². The first kappa shape index (κ1) is 30.8. The van der Waals surface area contributed by atoms with Gasteiger partial charge in [0.2, 0.25) is 17.2 Å². The van der Waals surface area contributed by atoms with E-state index in [2.05, 4.69) is 10.6 Å². The van der Waals surface area contributed by atoms with Crippen LogP contribution in [0.25, 0.3) is 0 Å². The van der Waals surface area contributed by atoms with Gasteiger partial charge in [-0.05, 0) is 47.2 Å². The number of carbonyl (C=O) groups is 2. The minimum atomic E-state index is -5.88. The molecule has 0 atom stereocenters. The Morgan fingerprint density at radius 3 is 1.27 bits per heavy atom. The fraction of sp³-hybridized carbons (Fsp3) is 0.440. The van der Waals surface area contributed by atoms with Crippen molar-refractivity contribution >= 4 is 46.4 Å². The van der Waals surface area contributed by atoms with Crippen LogP contribution in [0.15, 0.2) is 24.3 Å². The Hall–Kier alpha value is -2.46. The van der Waals surface area contributed by atoms with Crippen molar-refractivity contribution < 1.29 is 35.9 Å². The van der Waals surface area contributed by atoms with Crippen LogP contribution < -0.4 is 10.6 Å². The molecule has 0 aliphatic carbocycles. The Kier molecular flexibility index (Phi) is 9.57. The molecule has 204 valence electrons. The van der Waals surface area contributed by atoms with Crippen LogP contribution in [-0.4, -0.2) is 24.2 Å². The topological polar surface area (TPSA) is 58.2 Å². The quantitative estimate of drug-likeness (QED) is 0.314. The predicted molar refractivity (Wildman–Crippen MR) is 132 cm³/mol. The van der Waals surface area contributed by atoms with E-state index < -0.39 is 50.8 Å². The summed E-state index contributed by atoms with van der Waals surface area (Å²) >= 11 is 12.4. The van der Waals surface area contributed by atoms with Crippen LogP contribution in [0.5, 0.6) is 0 Å². The van der Waals surface area contributed by atoms with Crippen LogP contribution in [0.3, 0.4) is 0 Å². The first-order valence-corrected chi connectivity index (χ1v) is 12.1. The molecule has 0 saturated heterocycles. The fourth-order valence-electron chi connectivity index (χ4n) is 4.31. The summed E-state index contributed by atoms with van der Waals surface area (Å²) in [6, 6.07) is 2.69. The largest absolute Gasteiger partial charge is 0.411 e. The number of anilines is 2. The number of nitrogens with one attached hydrogen (secondary N) is 2. The minimum Gasteiger partial charge on any atom is -0.325 e. The lowest BCUT2D eigenvalue weighted by Crippen LogP contribution is -2.55. The summed E-state index contributed by atoms with van der Waals surface area (Å²) in [7, 11) is 0. The van der Waals surface area contributed by atoms with Crippen molar-refractivity contribution in [3.8, 4) is 0 Å². The number of benzene rings is 2. The maximum atomic E-state index is 14.8. The van der Waals surface area contributed by atoms with Crippen LogP contribution in [0.4, 0.5) is 37.7 Å². The molecule has 0 aliphatic rings. The molecule has 2 aromatic carbocycles. The van der Waals surface area contributed by atoms with Gasteiger partial charge in [-0.2, -0.15) is 26.3 Å². The van der Waals surface area contributed by atoms with Crippen LogP contribution in [0.2, 0.25) is 10.0 Å². The molecule has 2 aromatic rings. The van der Waals surface area contributed by atoms with Crippen molar-refractivity contribution in [1.82, 2.24) is 0 Å². The molecule has 37 heavy (non-hydrogen) atoms. The SMILES string of the molecule is CCCc1cc(C(c2cc(Cl)c(NC(C)=O)c(CCC)c2)(C(F)(F)F)C(F)(F)F)cc(Cl)c1NC(C)=O. The Labute approximate surface area is 220 Å². The molecule has 12 heteroatoms. The molecule has 0 aromatic heterocycles. The Balaban J connectivity index is 3.07. The van der Waals surface area contributed by atoms with Gasteiger partial charge in [-0.15, -0.1) is 0 Å². The fourth-order valence-corrected chi connectivity index (χ4v) is 4.88. The lowest BCUT2D eigenvalue weighted by Gasteiger charge is -2.39. The summed E-state index contributed by atoms with van der Waals surface area (Å²) in [5, 5.41) is 3.84. The zero-order valence-corrected chi connectivity index (χ0v) is 22.0. The Morgan fingerprint density at radius 2 is 1.03 bits per heavy atom. The highest BCUT2D eigenvalue weighted by molar-refractivity contribution is 6.34. The van der Waals surface area contributed by atoms with E-state index in [0.29, 0.717) is 25.0 Å². The van der Waals surface area contributed by atoms with E-state index in [4.69, 9.17) is 23.2 Å². The third-order valence-electron chi connectivity index (χ3n) is 5.70. The molecule has 0 aliphatic heterocycles. The van der Waals surface area contributed by atoms with Gasteiger partial charge < -0.3 is 10.6 Å². The van der Waals surface area contributed by atoms with Crippen LogP contribution in [0.1, 0.15) is 62.8 Å². The van der Waals surface area contributed by atoms with E-state index in [1.54, 1.807) is 13.8 Å². The van der Waals surface area contributed by atoms with Crippen molar-refractivity contribution in [3.63, 3.8) is 0 Å². The molecule has 0 heterocycles. The number of carbonyl (C=O) groups excluding carboxylic acids is 2. The molecular weight excluding hydrogens is 545 g/mol. The van der Waals surface area contributed by atoms with Gasteiger partial charge in [0, 0.05) is 13.8 Å². The van der Waals surface area contributed by atoms with E-state index in [1.165, 1.54) is 0 Å². The van der Waals surface area contributed by atoms with Crippen molar-refractivity contribution in [1.29, 1.82) is 0 Å². The molecule has 2 rings (SSSR count). The van der Waals surface area contributed by atoms with Crippen molar-refractivity contribution in [2.24, 2.45) is 0 Å². The number of hydrogen-bond acceptors (Lipinski definition) is 2. The molecule has 0 unspecified atom stereocenters. The summed E-state index contributed by atoms with van der Waals surface area (Å²) in [5.74, 6) is -1.18. The number of hydrogen-bond donors (Lipinski definition) is 2. The van der Waals surface area contributed by atoms with E-state index in [1.807, 2.05) is 0 Å². The lowest BCUT2D eigenvalue weighted by atomic mass is 9.71. The molecular formula is C25H26Cl2F6N2O2. The van der Waals surface area contributed by atoms with E-state index in [9.17, 15) is 35.9 Å². The van der Waals surface area contributed by atoms with Crippen LogP contribution in [-0.2, 0) is 27.8 Å². The van der Waals surface area contributed by atoms with Gasteiger partial charge in [-0.1, -0.05) is 62.0 Å². The normalized spacial score (nSPS) is 12.4. The van der Waals surface area contributed by atoms with Crippen molar-refractivity contribution in [2.75, 3.05) is 10.6 Å². The van der Waals surface area contributed by atoms with Crippen LogP contribution >= 0.6 is 23.2 Å². The molecule has 0 bridgehead atoms. The number of aryl methyl sites for hydroxylation is 2. The maximum Gasteiger partial charge on any atom is 0.411 e. The smallest absolute Gasteiger partial charge is 0.325 e. The van der Waals surface area contributed by atoms with Gasteiger partial charge in [0.15, 0.2) is 0 Å². The molecule has 0 spiro atoms. The highest BCUT2D eigenvalue weighted by Gasteiger charge is 2.72. The third-order valence-corrected chi connectivity index (χ3v) is 6.30. The molecule has 2 N–H and O–H groups in total. The van der Waals surface area contributed by atoms with Gasteiger partial charge in [-0.25, -0.2) is 0 Å². The monoisotopic (exact) mass is 570 g/mol. The Bertz CT molecular complexity index is 1090. The van der Waals surface area contributed by atoms with Crippen molar-refractivity contribution in [3.05, 3.63) is 56.6 Å². The van der Waals surface area contributed by atoms with E-state index in [0.717, 1.165) is 26.0 Å². The average Bonchev–Trinajstić information content (AvgIpc) is 2.71. The molecule has 0 fully saturated rings. The highest BCUT2D eigenvalue weighted by atomic mass is 35.5. The first-order chi connectivity index (χ1) is 17.0. The second-order valence-electron chi connectivity index (χ2n) is 8.59. The number of halogens is 8. The van der Waals surface area contributed by atoms with Gasteiger partial charge in [0.1, 0.15) is 0 Å². The van der Waals surface area contributed by atoms with E-state index >= 15 is 0 Å². The summed E-state index contributed by atoms with van der Waals surface area (Å²) in [6.45, 7) is 5.64. The molecule has 2 amide bonds. The predicted octanol–water partition coefficient (Wildman–Crippen LogP) is 8.23. The number of alkyl halides is 6. The molecule has 0 radical (unpaired) electrons. The second-order valence-corrected chi connectivity index (χ2v) is 9.41. The van der Waals surface area contributed by atoms with Crippen molar-refractivity contribution in [2.45, 2.75) is 71.1 Å². The number of amides is 2. The summed E-state index contributed by atoms with van der Waals surface area (Å²) in [6.07, 6.45) is -10.9. The summed E-state index contributed by atoms with van der Waals surface area (Å²) < 4.78 is 88.9. The summed E-state index contributed by atoms with van der Waals surface area (Å²) in [4.78, 5) is 23.2. The first-order valence-electron chi connectivity index (χ1n) is 11.4. The highest BCUT2D eigenvalue weighted by Crippen LogP contribution is 2.58. The standard InChI is InChI=1S/C25H26Cl2F6N2O2/c1-5-7-15-9-17(11-19(26)21(15)34-13(3)36)23(24(28,29)30,25(31,32)33)18-10-16(8-6-2)22(20(27)12-18)35-14(4)37/h9-12H,5-8H2,1-4H3,(H,34,36)(H,35,37). The molecule has 0 saturated carbocycles. The zero-order valence-electron chi connectivity index (χ0n) is 20.5. The van der Waals surface area contributed by atoms with E-state index in [-0.39, 0.29) is 35.3 Å². The Morgan fingerprint density at radius 1 is 0.703 bits per heavy atom. The minimum absolute atomic E-state index is 0.0211. The second kappa shape index (κ2) is 11.5. The summed E-state index contributed by atoms with van der Waals surface area (Å²) in [5.41, 5.74) is -6.91. The average molecular weight is 571 g/mol. The van der Waals surface area contributed by atoms with Crippen LogP contribution in [0, 0.1) is 0 Å².